The second kappa shape index (κ2) is 7.44. The van der Waals surface area contributed by atoms with E-state index in [2.05, 4.69) is 28.4 Å². The molecule has 0 fully saturated rings. The average Bonchev–Trinajstić information content (AvgIpc) is 2.68. The number of esters is 1. The van der Waals surface area contributed by atoms with Crippen LogP contribution in [0.4, 0.5) is 10.8 Å². The maximum absolute atomic E-state index is 11.8. The van der Waals surface area contributed by atoms with Crippen LogP contribution in [0.5, 0.6) is 0 Å². The zero-order chi connectivity index (χ0) is 15.3. The lowest BCUT2D eigenvalue weighted by atomic mass is 10.0. The van der Waals surface area contributed by atoms with E-state index < -0.39 is 5.97 Å². The average molecular weight is 300 g/mol. The molecule has 1 unspecified atom stereocenters. The number of aromatic nitrogens is 1. The fraction of sp³-hybridized carbons (Fsp3) is 0.692. The van der Waals surface area contributed by atoms with Gasteiger partial charge in [0.15, 0.2) is 5.82 Å². The number of nitrogens with zero attached hydrogens (tertiary/aromatic N) is 2. The molecule has 0 amide bonds. The number of hydrogen-bond donors (Lipinski definition) is 2. The molecule has 0 aromatic carbocycles. The lowest BCUT2D eigenvalue weighted by Gasteiger charge is -2.24. The van der Waals surface area contributed by atoms with Crippen LogP contribution in [0.3, 0.4) is 0 Å². The van der Waals surface area contributed by atoms with Gasteiger partial charge in [0, 0.05) is 12.6 Å². The highest BCUT2D eigenvalue weighted by Gasteiger charge is 2.22. The molecule has 0 aliphatic rings. The Morgan fingerprint density at radius 3 is 2.65 bits per heavy atom. The molecule has 0 saturated heterocycles. The minimum atomic E-state index is -0.452. The molecule has 3 N–H and O–H groups in total. The van der Waals surface area contributed by atoms with E-state index in [1.54, 1.807) is 0 Å². The number of carbonyl (C=O) groups excluding carboxylic acids is 1. The van der Waals surface area contributed by atoms with Crippen molar-refractivity contribution in [2.75, 3.05) is 38.8 Å². The van der Waals surface area contributed by atoms with Gasteiger partial charge in [0.05, 0.1) is 7.11 Å². The van der Waals surface area contributed by atoms with Crippen LogP contribution in [0.1, 0.15) is 30.6 Å². The summed E-state index contributed by atoms with van der Waals surface area (Å²) < 4.78 is 8.80. The Morgan fingerprint density at radius 2 is 2.15 bits per heavy atom. The second-order valence-corrected chi connectivity index (χ2v) is 6.27. The predicted molar refractivity (Wildman–Crippen MR) is 83.3 cm³/mol. The molecule has 6 nitrogen and oxygen atoms in total. The van der Waals surface area contributed by atoms with Crippen molar-refractivity contribution >= 4 is 28.3 Å². The Balaban J connectivity index is 2.90. The molecule has 7 heteroatoms. The SMILES string of the molecule is COC(=O)c1c(N)nsc1NC(CC(C)C)CN(C)C. The topological polar surface area (TPSA) is 80.5 Å². The maximum Gasteiger partial charge on any atom is 0.344 e. The standard InChI is InChI=1S/C13H24N4O2S/c1-8(2)6-9(7-17(3)4)15-12-10(13(18)19-5)11(14)16-20-12/h8-9,15H,6-7H2,1-5H3,(H2,14,16). The van der Waals surface area contributed by atoms with Crippen molar-refractivity contribution in [3.8, 4) is 0 Å². The summed E-state index contributed by atoms with van der Waals surface area (Å²) in [5.41, 5.74) is 6.08. The molecule has 1 atom stereocenters. The fourth-order valence-electron chi connectivity index (χ4n) is 2.07. The molecule has 0 bridgehead atoms. The first-order chi connectivity index (χ1) is 9.35. The highest BCUT2D eigenvalue weighted by Crippen LogP contribution is 2.28. The molecule has 0 aliphatic heterocycles. The van der Waals surface area contributed by atoms with Crippen LogP contribution < -0.4 is 11.1 Å². The Labute approximate surface area is 124 Å². The van der Waals surface area contributed by atoms with E-state index in [0.717, 1.165) is 13.0 Å². The van der Waals surface area contributed by atoms with E-state index in [4.69, 9.17) is 10.5 Å². The normalized spacial score (nSPS) is 12.8. The number of hydrogen-bond acceptors (Lipinski definition) is 7. The van der Waals surface area contributed by atoms with Crippen LogP contribution in [0.15, 0.2) is 0 Å². The third kappa shape index (κ3) is 4.64. The molecule has 1 heterocycles. The van der Waals surface area contributed by atoms with E-state index in [0.29, 0.717) is 16.5 Å². The van der Waals surface area contributed by atoms with Gasteiger partial charge in [0.2, 0.25) is 0 Å². The lowest BCUT2D eigenvalue weighted by molar-refractivity contribution is 0.0603. The first-order valence-corrected chi connectivity index (χ1v) is 7.37. The van der Waals surface area contributed by atoms with Gasteiger partial charge >= 0.3 is 5.97 Å². The van der Waals surface area contributed by atoms with Crippen molar-refractivity contribution < 1.29 is 9.53 Å². The van der Waals surface area contributed by atoms with Crippen molar-refractivity contribution in [2.45, 2.75) is 26.3 Å². The van der Waals surface area contributed by atoms with Gasteiger partial charge in [-0.3, -0.25) is 0 Å². The number of carbonyl (C=O) groups is 1. The summed E-state index contributed by atoms with van der Waals surface area (Å²) in [6.45, 7) is 5.22. The van der Waals surface area contributed by atoms with Crippen LogP contribution in [0, 0.1) is 5.92 Å². The van der Waals surface area contributed by atoms with E-state index in [1.165, 1.54) is 18.6 Å². The Bertz CT molecular complexity index is 436. The first-order valence-electron chi connectivity index (χ1n) is 6.59. The summed E-state index contributed by atoms with van der Waals surface area (Å²) in [4.78, 5) is 13.9. The monoisotopic (exact) mass is 300 g/mol. The molecule has 0 aliphatic carbocycles. The van der Waals surface area contributed by atoms with Gasteiger partial charge in [0.25, 0.3) is 0 Å². The summed E-state index contributed by atoms with van der Waals surface area (Å²) >= 11 is 1.20. The van der Waals surface area contributed by atoms with Crippen LogP contribution in [0.25, 0.3) is 0 Å². The highest BCUT2D eigenvalue weighted by molar-refractivity contribution is 7.11. The zero-order valence-corrected chi connectivity index (χ0v) is 13.6. The lowest BCUT2D eigenvalue weighted by Crippen LogP contribution is -2.33. The summed E-state index contributed by atoms with van der Waals surface area (Å²) in [6, 6.07) is 0.230. The largest absolute Gasteiger partial charge is 0.465 e. The number of nitrogen functional groups attached to an aromatic ring is 1. The molecule has 1 rings (SSSR count). The molecular weight excluding hydrogens is 276 g/mol. The molecule has 0 saturated carbocycles. The van der Waals surface area contributed by atoms with Crippen LogP contribution in [-0.2, 0) is 4.74 Å². The molecular formula is C13H24N4O2S. The zero-order valence-electron chi connectivity index (χ0n) is 12.8. The van der Waals surface area contributed by atoms with E-state index in [1.807, 2.05) is 14.1 Å². The van der Waals surface area contributed by atoms with Crippen LogP contribution in [0.2, 0.25) is 0 Å². The predicted octanol–water partition coefficient (Wildman–Crippen LogP) is 1.90. The Kier molecular flexibility index (Phi) is 6.22. The van der Waals surface area contributed by atoms with Gasteiger partial charge < -0.3 is 20.7 Å². The van der Waals surface area contributed by atoms with Crippen molar-refractivity contribution in [1.29, 1.82) is 0 Å². The van der Waals surface area contributed by atoms with Gasteiger partial charge in [-0.2, -0.15) is 4.37 Å². The third-order valence-electron chi connectivity index (χ3n) is 2.78. The first kappa shape index (κ1) is 16.7. The molecule has 1 aromatic rings. The fourth-order valence-corrected chi connectivity index (χ4v) is 2.85. The number of methoxy groups -OCH3 is 1. The minimum absolute atomic E-state index is 0.220. The number of likely N-dealkylation sites (N-methyl/N-ethyl adjacent to an activating group) is 1. The second-order valence-electron chi connectivity index (χ2n) is 5.50. The van der Waals surface area contributed by atoms with Gasteiger partial charge in [-0.25, -0.2) is 4.79 Å². The van der Waals surface area contributed by atoms with E-state index >= 15 is 0 Å². The molecule has 1 aromatic heterocycles. The van der Waals surface area contributed by atoms with Crippen molar-refractivity contribution in [3.05, 3.63) is 5.56 Å². The van der Waals surface area contributed by atoms with E-state index in [-0.39, 0.29) is 11.9 Å². The number of ether oxygens (including phenoxy) is 1. The van der Waals surface area contributed by atoms with Crippen molar-refractivity contribution in [2.24, 2.45) is 5.92 Å². The highest BCUT2D eigenvalue weighted by atomic mass is 32.1. The third-order valence-corrected chi connectivity index (χ3v) is 3.58. The van der Waals surface area contributed by atoms with Gasteiger partial charge in [-0.05, 0) is 38.0 Å². The molecule has 114 valence electrons. The van der Waals surface area contributed by atoms with Crippen LogP contribution >= 0.6 is 11.5 Å². The quantitative estimate of drug-likeness (QED) is 0.749. The molecule has 0 radical (unpaired) electrons. The van der Waals surface area contributed by atoms with Crippen molar-refractivity contribution in [1.82, 2.24) is 9.27 Å². The number of rotatable bonds is 7. The number of nitrogens with two attached hydrogens (primary N) is 1. The molecule has 20 heavy (non-hydrogen) atoms. The molecule has 0 spiro atoms. The number of anilines is 2. The Morgan fingerprint density at radius 1 is 1.50 bits per heavy atom. The summed E-state index contributed by atoms with van der Waals surface area (Å²) in [6.07, 6.45) is 0.997. The summed E-state index contributed by atoms with van der Waals surface area (Å²) in [5.74, 6) is 0.323. The number of nitrogens with one attached hydrogen (secondary N) is 1. The van der Waals surface area contributed by atoms with E-state index in [9.17, 15) is 4.79 Å². The minimum Gasteiger partial charge on any atom is -0.465 e. The maximum atomic E-state index is 11.8. The van der Waals surface area contributed by atoms with Gasteiger partial charge in [-0.1, -0.05) is 13.8 Å². The smallest absolute Gasteiger partial charge is 0.344 e. The van der Waals surface area contributed by atoms with Gasteiger partial charge in [0.1, 0.15) is 10.6 Å². The van der Waals surface area contributed by atoms with Crippen molar-refractivity contribution in [3.63, 3.8) is 0 Å². The van der Waals surface area contributed by atoms with Crippen LogP contribution in [-0.4, -0.2) is 49.0 Å². The Hall–Kier alpha value is -1.34. The summed E-state index contributed by atoms with van der Waals surface area (Å²) in [7, 11) is 5.39. The van der Waals surface area contributed by atoms with Gasteiger partial charge in [-0.15, -0.1) is 0 Å². The summed E-state index contributed by atoms with van der Waals surface area (Å²) in [5, 5.41) is 4.06.